The summed E-state index contributed by atoms with van der Waals surface area (Å²) in [5.41, 5.74) is 0.0282. The number of nitrogens with one attached hydrogen (secondary N) is 2. The van der Waals surface area contributed by atoms with Crippen LogP contribution in [0, 0.1) is 5.92 Å². The zero-order chi connectivity index (χ0) is 13.7. The fourth-order valence-corrected chi connectivity index (χ4v) is 2.82. The summed E-state index contributed by atoms with van der Waals surface area (Å²) in [6.07, 6.45) is 6.70. The second-order valence-corrected chi connectivity index (χ2v) is 6.06. The summed E-state index contributed by atoms with van der Waals surface area (Å²) >= 11 is 0. The van der Waals surface area contributed by atoms with Crippen LogP contribution >= 0.6 is 0 Å². The van der Waals surface area contributed by atoms with E-state index in [1.54, 1.807) is 0 Å². The van der Waals surface area contributed by atoms with Crippen LogP contribution in [0.2, 0.25) is 0 Å². The lowest BCUT2D eigenvalue weighted by Gasteiger charge is -2.40. The van der Waals surface area contributed by atoms with Gasteiger partial charge in [-0.2, -0.15) is 0 Å². The van der Waals surface area contributed by atoms with Gasteiger partial charge in [0.25, 0.3) is 0 Å². The lowest BCUT2D eigenvalue weighted by Crippen LogP contribution is -2.48. The summed E-state index contributed by atoms with van der Waals surface area (Å²) in [5, 5.41) is 6.40. The number of ether oxygens (including phenoxy) is 1. The van der Waals surface area contributed by atoms with Crippen molar-refractivity contribution < 1.29 is 9.53 Å². The second kappa shape index (κ2) is 6.71. The Morgan fingerprint density at radius 2 is 2.00 bits per heavy atom. The van der Waals surface area contributed by atoms with Crippen LogP contribution < -0.4 is 10.6 Å². The van der Waals surface area contributed by atoms with Crippen molar-refractivity contribution in [1.82, 2.24) is 10.6 Å². The molecule has 4 heteroatoms. The quantitative estimate of drug-likeness (QED) is 0.741. The molecule has 0 spiro atoms. The van der Waals surface area contributed by atoms with Crippen molar-refractivity contribution in [2.45, 2.75) is 64.0 Å². The van der Waals surface area contributed by atoms with E-state index < -0.39 is 0 Å². The van der Waals surface area contributed by atoms with Gasteiger partial charge in [-0.3, -0.25) is 4.79 Å². The number of amides is 1. The maximum absolute atomic E-state index is 11.7. The fraction of sp³-hybridized carbons (Fsp3) is 0.933. The first-order chi connectivity index (χ1) is 9.17. The molecule has 0 bridgehead atoms. The van der Waals surface area contributed by atoms with E-state index in [9.17, 15) is 4.79 Å². The van der Waals surface area contributed by atoms with Crippen LogP contribution in [0.1, 0.15) is 52.4 Å². The Bertz CT molecular complexity index is 299. The first-order valence-electron chi connectivity index (χ1n) is 7.81. The third-order valence-corrected chi connectivity index (χ3v) is 4.62. The standard InChI is InChI=1S/C15H28N2O2/c1-3-15(4-2)9-13(7-8-19-15)16-11-14(18)17-10-12-5-6-12/h12-13,16H,3-11H2,1-2H3,(H,17,18). The number of hydrogen-bond acceptors (Lipinski definition) is 3. The molecule has 1 heterocycles. The van der Waals surface area contributed by atoms with Crippen molar-refractivity contribution in [2.24, 2.45) is 5.92 Å². The van der Waals surface area contributed by atoms with Crippen LogP contribution in [0.25, 0.3) is 0 Å². The van der Waals surface area contributed by atoms with Crippen LogP contribution in [-0.2, 0) is 9.53 Å². The van der Waals surface area contributed by atoms with E-state index in [-0.39, 0.29) is 11.5 Å². The minimum atomic E-state index is 0.0282. The molecule has 1 aliphatic heterocycles. The lowest BCUT2D eigenvalue weighted by atomic mass is 9.86. The molecule has 19 heavy (non-hydrogen) atoms. The predicted molar refractivity (Wildman–Crippen MR) is 76.0 cm³/mol. The van der Waals surface area contributed by atoms with Crippen LogP contribution in [-0.4, -0.2) is 37.2 Å². The molecule has 2 fully saturated rings. The number of hydrogen-bond donors (Lipinski definition) is 2. The summed E-state index contributed by atoms with van der Waals surface area (Å²) in [6, 6.07) is 0.417. The average molecular weight is 268 g/mol. The van der Waals surface area contributed by atoms with Crippen molar-refractivity contribution in [3.63, 3.8) is 0 Å². The Balaban J connectivity index is 1.67. The molecule has 1 saturated carbocycles. The highest BCUT2D eigenvalue weighted by molar-refractivity contribution is 5.78. The number of rotatable bonds is 7. The van der Waals surface area contributed by atoms with Crippen molar-refractivity contribution in [3.05, 3.63) is 0 Å². The molecule has 2 rings (SSSR count). The number of carbonyl (C=O) groups excluding carboxylic acids is 1. The molecule has 110 valence electrons. The Kier molecular flexibility index (Phi) is 5.22. The largest absolute Gasteiger partial charge is 0.375 e. The Morgan fingerprint density at radius 1 is 1.26 bits per heavy atom. The SMILES string of the molecule is CCC1(CC)CC(NCC(=O)NCC2CC2)CCO1. The van der Waals surface area contributed by atoms with E-state index in [0.29, 0.717) is 12.6 Å². The summed E-state index contributed by atoms with van der Waals surface area (Å²) in [6.45, 7) is 6.49. The van der Waals surface area contributed by atoms with Gasteiger partial charge in [0.15, 0.2) is 0 Å². The molecule has 1 atom stereocenters. The van der Waals surface area contributed by atoms with E-state index in [2.05, 4.69) is 24.5 Å². The maximum Gasteiger partial charge on any atom is 0.233 e. The van der Waals surface area contributed by atoms with Gasteiger partial charge in [0.2, 0.25) is 5.91 Å². The summed E-state index contributed by atoms with van der Waals surface area (Å²) < 4.78 is 5.95. The fourth-order valence-electron chi connectivity index (χ4n) is 2.82. The van der Waals surface area contributed by atoms with Gasteiger partial charge < -0.3 is 15.4 Å². The molecule has 0 aromatic rings. The molecule has 1 unspecified atom stereocenters. The predicted octanol–water partition coefficient (Wildman–Crippen LogP) is 1.84. The van der Waals surface area contributed by atoms with Crippen molar-refractivity contribution in [1.29, 1.82) is 0 Å². The Labute approximate surface area is 116 Å². The third kappa shape index (κ3) is 4.46. The summed E-state index contributed by atoms with van der Waals surface area (Å²) in [4.78, 5) is 11.7. The molecule has 1 saturated heterocycles. The van der Waals surface area contributed by atoms with Gasteiger partial charge in [-0.05, 0) is 44.4 Å². The summed E-state index contributed by atoms with van der Waals surface area (Å²) in [7, 11) is 0. The molecule has 0 radical (unpaired) electrons. The Hall–Kier alpha value is -0.610. The first kappa shape index (κ1) is 14.8. The highest BCUT2D eigenvalue weighted by atomic mass is 16.5. The molecule has 0 aromatic carbocycles. The normalized spacial score (nSPS) is 26.1. The van der Waals surface area contributed by atoms with Gasteiger partial charge in [-0.15, -0.1) is 0 Å². The van der Waals surface area contributed by atoms with E-state index in [1.807, 2.05) is 0 Å². The second-order valence-electron chi connectivity index (χ2n) is 6.06. The van der Waals surface area contributed by atoms with Gasteiger partial charge in [-0.1, -0.05) is 13.8 Å². The third-order valence-electron chi connectivity index (χ3n) is 4.62. The van der Waals surface area contributed by atoms with Gasteiger partial charge in [0.1, 0.15) is 0 Å². The minimum Gasteiger partial charge on any atom is -0.375 e. The maximum atomic E-state index is 11.7. The van der Waals surface area contributed by atoms with E-state index in [0.717, 1.165) is 44.8 Å². The molecular weight excluding hydrogens is 240 g/mol. The molecule has 2 aliphatic rings. The molecule has 0 aromatic heterocycles. The van der Waals surface area contributed by atoms with Crippen LogP contribution in [0.3, 0.4) is 0 Å². The highest BCUT2D eigenvalue weighted by Gasteiger charge is 2.34. The van der Waals surface area contributed by atoms with Crippen LogP contribution in [0.15, 0.2) is 0 Å². The lowest BCUT2D eigenvalue weighted by molar-refractivity contribution is -0.121. The monoisotopic (exact) mass is 268 g/mol. The van der Waals surface area contributed by atoms with Crippen molar-refractivity contribution >= 4 is 5.91 Å². The van der Waals surface area contributed by atoms with Crippen molar-refractivity contribution in [2.75, 3.05) is 19.7 Å². The topological polar surface area (TPSA) is 50.4 Å². The van der Waals surface area contributed by atoms with Gasteiger partial charge in [0.05, 0.1) is 12.1 Å². The molecule has 4 nitrogen and oxygen atoms in total. The van der Waals surface area contributed by atoms with E-state index >= 15 is 0 Å². The van der Waals surface area contributed by atoms with E-state index in [4.69, 9.17) is 4.74 Å². The van der Waals surface area contributed by atoms with Gasteiger partial charge in [-0.25, -0.2) is 0 Å². The Morgan fingerprint density at radius 3 is 2.63 bits per heavy atom. The molecular formula is C15H28N2O2. The number of carbonyl (C=O) groups is 1. The molecule has 1 amide bonds. The van der Waals surface area contributed by atoms with Crippen molar-refractivity contribution in [3.8, 4) is 0 Å². The minimum absolute atomic E-state index is 0.0282. The average Bonchev–Trinajstić information content (AvgIpc) is 3.27. The zero-order valence-corrected chi connectivity index (χ0v) is 12.3. The summed E-state index contributed by atoms with van der Waals surface area (Å²) in [5.74, 6) is 0.886. The molecule has 2 N–H and O–H groups in total. The molecule has 1 aliphatic carbocycles. The van der Waals surface area contributed by atoms with Crippen LogP contribution in [0.4, 0.5) is 0 Å². The van der Waals surface area contributed by atoms with E-state index in [1.165, 1.54) is 12.8 Å². The highest BCUT2D eigenvalue weighted by Crippen LogP contribution is 2.31. The van der Waals surface area contributed by atoms with Gasteiger partial charge >= 0.3 is 0 Å². The smallest absolute Gasteiger partial charge is 0.233 e. The first-order valence-corrected chi connectivity index (χ1v) is 7.81. The van der Waals surface area contributed by atoms with Gasteiger partial charge in [0, 0.05) is 19.2 Å². The van der Waals surface area contributed by atoms with Crippen LogP contribution in [0.5, 0.6) is 0 Å². The zero-order valence-electron chi connectivity index (χ0n) is 12.3.